The van der Waals surface area contributed by atoms with Crippen LogP contribution in [0.25, 0.3) is 9.88 Å². The van der Waals surface area contributed by atoms with E-state index in [0.29, 0.717) is 21.3 Å². The summed E-state index contributed by atoms with van der Waals surface area (Å²) in [6.45, 7) is 1.81. The first kappa shape index (κ1) is 17.4. The lowest BCUT2D eigenvalue weighted by Gasteiger charge is -2.02. The largest absolute Gasteiger partial charge is 0.438 e. The third kappa shape index (κ3) is 4.36. The average Bonchev–Trinajstić information content (AvgIpc) is 3.24. The van der Waals surface area contributed by atoms with E-state index < -0.39 is 6.09 Å². The summed E-state index contributed by atoms with van der Waals surface area (Å²) < 4.78 is 0. The number of amidine groups is 1. The Hall–Kier alpha value is -2.42. The summed E-state index contributed by atoms with van der Waals surface area (Å²) in [4.78, 5) is 22.2. The highest BCUT2D eigenvalue weighted by Crippen LogP contribution is 2.34. The normalized spacial score (nSPS) is 11.4. The molecule has 0 bridgehead atoms. The van der Waals surface area contributed by atoms with Crippen LogP contribution in [0.4, 0.5) is 9.80 Å². The Morgan fingerprint density at radius 1 is 1.32 bits per heavy atom. The summed E-state index contributed by atoms with van der Waals surface area (Å²) in [6, 6.07) is 10.6. The molecule has 9 heteroatoms. The third-order valence-electron chi connectivity index (χ3n) is 3.11. The monoisotopic (exact) mass is 392 g/mol. The summed E-state index contributed by atoms with van der Waals surface area (Å²) in [5.41, 5.74) is 7.09. The van der Waals surface area contributed by atoms with E-state index in [1.165, 1.54) is 11.3 Å². The second-order valence-corrected chi connectivity index (χ2v) is 7.28. The number of hydrogen-bond acceptors (Lipinski definition) is 6. The van der Waals surface area contributed by atoms with E-state index in [0.717, 1.165) is 9.88 Å². The average molecular weight is 393 g/mol. The van der Waals surface area contributed by atoms with Crippen LogP contribution in [-0.4, -0.2) is 16.9 Å². The van der Waals surface area contributed by atoms with Gasteiger partial charge in [0.15, 0.2) is 5.84 Å². The number of aryl methyl sites for hydroxylation is 1. The second kappa shape index (κ2) is 7.64. The molecular formula is C16H13ClN4O2S2. The van der Waals surface area contributed by atoms with Crippen LogP contribution in [0.5, 0.6) is 0 Å². The van der Waals surface area contributed by atoms with E-state index in [1.54, 1.807) is 35.6 Å². The van der Waals surface area contributed by atoms with E-state index in [9.17, 15) is 4.79 Å². The number of benzene rings is 1. The number of thiazole rings is 1. The quantitative estimate of drug-likeness (QED) is 0.291. The molecular weight excluding hydrogens is 380 g/mol. The highest BCUT2D eigenvalue weighted by atomic mass is 35.5. The van der Waals surface area contributed by atoms with Gasteiger partial charge in [-0.2, -0.15) is 0 Å². The van der Waals surface area contributed by atoms with Gasteiger partial charge in [-0.25, -0.2) is 9.78 Å². The van der Waals surface area contributed by atoms with Crippen molar-refractivity contribution in [3.8, 4) is 9.88 Å². The Balaban J connectivity index is 1.65. The van der Waals surface area contributed by atoms with Crippen LogP contribution in [0.15, 0.2) is 46.9 Å². The first-order valence-electron chi connectivity index (χ1n) is 7.11. The number of hydrogen-bond donors (Lipinski definition) is 2. The number of nitrogens with one attached hydrogen (secondary N) is 1. The number of nitrogens with two attached hydrogens (primary N) is 1. The van der Waals surface area contributed by atoms with Crippen molar-refractivity contribution < 1.29 is 9.63 Å². The second-order valence-electron chi connectivity index (χ2n) is 4.90. The van der Waals surface area contributed by atoms with E-state index in [2.05, 4.69) is 15.5 Å². The summed E-state index contributed by atoms with van der Waals surface area (Å²) in [7, 11) is 0. The number of aromatic nitrogens is 1. The molecule has 0 spiro atoms. The minimum absolute atomic E-state index is 0.0760. The van der Waals surface area contributed by atoms with Gasteiger partial charge in [0.05, 0.1) is 10.6 Å². The number of halogens is 1. The molecule has 0 fully saturated rings. The van der Waals surface area contributed by atoms with E-state index in [1.807, 2.05) is 24.4 Å². The fourth-order valence-electron chi connectivity index (χ4n) is 1.90. The van der Waals surface area contributed by atoms with Crippen molar-refractivity contribution in [2.45, 2.75) is 6.92 Å². The first-order valence-corrected chi connectivity index (χ1v) is 9.19. The third-order valence-corrected chi connectivity index (χ3v) is 5.47. The van der Waals surface area contributed by atoms with Crippen LogP contribution in [0.1, 0.15) is 11.3 Å². The van der Waals surface area contributed by atoms with Crippen molar-refractivity contribution in [2.24, 2.45) is 10.9 Å². The van der Waals surface area contributed by atoms with Crippen LogP contribution in [0, 0.1) is 6.92 Å². The van der Waals surface area contributed by atoms with Gasteiger partial charge in [-0.05, 0) is 42.6 Å². The highest BCUT2D eigenvalue weighted by Gasteiger charge is 2.13. The van der Waals surface area contributed by atoms with Crippen LogP contribution < -0.4 is 11.1 Å². The maximum Gasteiger partial charge on any atom is 0.438 e. The molecule has 2 heterocycles. The standard InChI is InChI=1S/C16H13ClN4O2S2/c1-9-14(25-15(19-9)12-3-2-8-24-12)20-16(22)23-21-13(18)10-4-6-11(17)7-5-10/h2-8H,1H3,(H2,18,21)(H,20,22). The fourth-order valence-corrected chi connectivity index (χ4v) is 3.77. The van der Waals surface area contributed by atoms with E-state index in [4.69, 9.17) is 22.2 Å². The maximum atomic E-state index is 11.9. The molecule has 25 heavy (non-hydrogen) atoms. The first-order chi connectivity index (χ1) is 12.0. The number of anilines is 1. The van der Waals surface area contributed by atoms with Gasteiger partial charge < -0.3 is 5.73 Å². The molecule has 0 saturated heterocycles. The Morgan fingerprint density at radius 2 is 2.08 bits per heavy atom. The zero-order valence-corrected chi connectivity index (χ0v) is 15.4. The number of amides is 1. The minimum Gasteiger partial charge on any atom is -0.380 e. The molecule has 6 nitrogen and oxygen atoms in total. The summed E-state index contributed by atoms with van der Waals surface area (Å²) >= 11 is 8.76. The van der Waals surface area contributed by atoms with Gasteiger partial charge in [-0.3, -0.25) is 10.2 Å². The number of carbonyl (C=O) groups is 1. The molecule has 0 radical (unpaired) electrons. The van der Waals surface area contributed by atoms with Gasteiger partial charge in [0.1, 0.15) is 10.0 Å². The molecule has 0 aliphatic rings. The number of rotatable bonds is 4. The van der Waals surface area contributed by atoms with Crippen molar-refractivity contribution in [3.05, 3.63) is 58.1 Å². The molecule has 128 valence electrons. The molecule has 1 amide bonds. The molecule has 3 N–H and O–H groups in total. The lowest BCUT2D eigenvalue weighted by molar-refractivity contribution is 0.166. The van der Waals surface area contributed by atoms with Gasteiger partial charge >= 0.3 is 6.09 Å². The number of thiophene rings is 1. The van der Waals surface area contributed by atoms with Gasteiger partial charge in [0.2, 0.25) is 0 Å². The lowest BCUT2D eigenvalue weighted by atomic mass is 10.2. The van der Waals surface area contributed by atoms with Crippen molar-refractivity contribution in [2.75, 3.05) is 5.32 Å². The molecule has 0 aliphatic heterocycles. The van der Waals surface area contributed by atoms with Gasteiger partial charge in [0, 0.05) is 10.6 Å². The molecule has 0 saturated carbocycles. The fraction of sp³-hybridized carbons (Fsp3) is 0.0625. The maximum absolute atomic E-state index is 11.9. The molecule has 3 rings (SSSR count). The highest BCUT2D eigenvalue weighted by molar-refractivity contribution is 7.23. The molecule has 0 aliphatic carbocycles. The Kier molecular flexibility index (Phi) is 5.32. The van der Waals surface area contributed by atoms with Crippen molar-refractivity contribution in [3.63, 3.8) is 0 Å². The minimum atomic E-state index is -0.735. The summed E-state index contributed by atoms with van der Waals surface area (Å²) in [5.74, 6) is 0.0760. The zero-order chi connectivity index (χ0) is 17.8. The van der Waals surface area contributed by atoms with E-state index >= 15 is 0 Å². The Bertz CT molecular complexity index is 905. The lowest BCUT2D eigenvalue weighted by Crippen LogP contribution is -2.17. The molecule has 3 aromatic rings. The van der Waals surface area contributed by atoms with Crippen LogP contribution in [0.3, 0.4) is 0 Å². The van der Waals surface area contributed by atoms with Gasteiger partial charge in [0.25, 0.3) is 0 Å². The Morgan fingerprint density at radius 3 is 2.76 bits per heavy atom. The number of oxime groups is 1. The van der Waals surface area contributed by atoms with Crippen LogP contribution >= 0.6 is 34.3 Å². The van der Waals surface area contributed by atoms with Crippen molar-refractivity contribution in [1.29, 1.82) is 0 Å². The SMILES string of the molecule is Cc1nc(-c2cccs2)sc1NC(=O)ON=C(N)c1ccc(Cl)cc1. The zero-order valence-electron chi connectivity index (χ0n) is 13.0. The smallest absolute Gasteiger partial charge is 0.380 e. The summed E-state index contributed by atoms with van der Waals surface area (Å²) in [6.07, 6.45) is -0.735. The topological polar surface area (TPSA) is 89.6 Å². The van der Waals surface area contributed by atoms with Gasteiger partial charge in [-0.1, -0.05) is 34.2 Å². The molecule has 0 unspecified atom stereocenters. The molecule has 0 atom stereocenters. The van der Waals surface area contributed by atoms with Crippen molar-refractivity contribution >= 4 is 51.2 Å². The van der Waals surface area contributed by atoms with E-state index in [-0.39, 0.29) is 5.84 Å². The number of nitrogens with zero attached hydrogens (tertiary/aromatic N) is 2. The predicted molar refractivity (Wildman–Crippen MR) is 102 cm³/mol. The molecule has 2 aromatic heterocycles. The summed E-state index contributed by atoms with van der Waals surface area (Å²) in [5, 5.41) is 10.3. The van der Waals surface area contributed by atoms with Crippen LogP contribution in [0.2, 0.25) is 5.02 Å². The van der Waals surface area contributed by atoms with Crippen LogP contribution in [-0.2, 0) is 4.84 Å². The van der Waals surface area contributed by atoms with Crippen molar-refractivity contribution in [1.82, 2.24) is 4.98 Å². The van der Waals surface area contributed by atoms with Gasteiger partial charge in [-0.15, -0.1) is 11.3 Å². The number of carbonyl (C=O) groups excluding carboxylic acids is 1. The molecule has 1 aromatic carbocycles. The predicted octanol–water partition coefficient (Wildman–Crippen LogP) is 4.70. The Labute approximate surface area is 156 Å².